The number of benzene rings is 2. The molecule has 0 aliphatic heterocycles. The number of nitrogens with one attached hydrogen (secondary N) is 1. The molecule has 1 heterocycles. The number of H-pyrrole nitrogens is 1. The van der Waals surface area contributed by atoms with Gasteiger partial charge in [-0.05, 0) is 68.9 Å². The lowest BCUT2D eigenvalue weighted by Gasteiger charge is -2.22. The molecule has 1 aromatic heterocycles. The molecule has 0 saturated heterocycles. The third-order valence-electron chi connectivity index (χ3n) is 4.93. The van der Waals surface area contributed by atoms with E-state index in [1.807, 2.05) is 0 Å². The summed E-state index contributed by atoms with van der Waals surface area (Å²) in [5.74, 6) is 0.606. The van der Waals surface area contributed by atoms with Gasteiger partial charge in [-0.2, -0.15) is 0 Å². The maximum atomic E-state index is 5.93. The van der Waals surface area contributed by atoms with Crippen molar-refractivity contribution in [3.05, 3.63) is 64.8 Å². The second-order valence-corrected chi connectivity index (χ2v) is 7.79. The zero-order valence-corrected chi connectivity index (χ0v) is 15.1. The number of aromatic amines is 1. The van der Waals surface area contributed by atoms with Gasteiger partial charge in [0.15, 0.2) is 0 Å². The Morgan fingerprint density at radius 1 is 1.08 bits per heavy atom. The summed E-state index contributed by atoms with van der Waals surface area (Å²) in [6.07, 6.45) is 3.45. The Labute approximate surface area is 147 Å². The van der Waals surface area contributed by atoms with Gasteiger partial charge in [0.1, 0.15) is 0 Å². The highest BCUT2D eigenvalue weighted by atomic mass is 32.2. The molecular weight excluding hydrogens is 314 g/mol. The van der Waals surface area contributed by atoms with Crippen molar-refractivity contribution in [1.82, 2.24) is 4.98 Å². The lowest BCUT2D eigenvalue weighted by molar-refractivity contribution is 0.268. The van der Waals surface area contributed by atoms with Crippen molar-refractivity contribution in [1.29, 1.82) is 0 Å². The molecule has 1 aliphatic carbocycles. The Hall–Kier alpha value is -1.71. The number of aromatic nitrogens is 1. The van der Waals surface area contributed by atoms with E-state index in [-0.39, 0.29) is 0 Å². The first-order valence-electron chi connectivity index (χ1n) is 8.65. The molecule has 4 rings (SSSR count). The van der Waals surface area contributed by atoms with Gasteiger partial charge in [0.05, 0.1) is 6.61 Å². The van der Waals surface area contributed by atoms with Crippen molar-refractivity contribution >= 4 is 22.9 Å². The molecule has 1 atom stereocenters. The van der Waals surface area contributed by atoms with E-state index in [1.165, 1.54) is 56.6 Å². The van der Waals surface area contributed by atoms with Crippen LogP contribution >= 0.6 is 12.0 Å². The topological polar surface area (TPSA) is 25.0 Å². The standard InChI is InChI=1S/C21H23NOS/c1-14-3-7-17(8-4-14)24-23-13-16-6-10-21-19(12-16)18-11-15(2)5-9-20(18)22-21/h3-5,7-9,11,16,22H,6,10,12-13H2,1-2H3. The Balaban J connectivity index is 1.41. The molecule has 0 bridgehead atoms. The highest BCUT2D eigenvalue weighted by Gasteiger charge is 2.22. The van der Waals surface area contributed by atoms with Crippen LogP contribution in [0.15, 0.2) is 47.4 Å². The first-order chi connectivity index (χ1) is 11.7. The molecule has 0 radical (unpaired) electrons. The molecule has 0 saturated carbocycles. The van der Waals surface area contributed by atoms with Crippen LogP contribution in [-0.2, 0) is 17.0 Å². The number of aryl methyl sites for hydroxylation is 3. The molecule has 0 spiro atoms. The van der Waals surface area contributed by atoms with Crippen LogP contribution in [0.3, 0.4) is 0 Å². The zero-order chi connectivity index (χ0) is 16.5. The number of rotatable bonds is 4. The fraction of sp³-hybridized carbons (Fsp3) is 0.333. The minimum atomic E-state index is 0.606. The average Bonchev–Trinajstić information content (AvgIpc) is 2.94. The highest BCUT2D eigenvalue weighted by molar-refractivity contribution is 7.94. The summed E-state index contributed by atoms with van der Waals surface area (Å²) in [6.45, 7) is 5.09. The molecule has 3 heteroatoms. The van der Waals surface area contributed by atoms with Crippen LogP contribution in [0.4, 0.5) is 0 Å². The van der Waals surface area contributed by atoms with Crippen molar-refractivity contribution in [3.8, 4) is 0 Å². The van der Waals surface area contributed by atoms with Crippen LogP contribution in [0.1, 0.15) is 28.8 Å². The molecular formula is C21H23NOS. The fourth-order valence-electron chi connectivity index (χ4n) is 3.54. The van der Waals surface area contributed by atoms with Gasteiger partial charge in [-0.3, -0.25) is 0 Å². The maximum absolute atomic E-state index is 5.93. The quantitative estimate of drug-likeness (QED) is 0.626. The normalized spacial score (nSPS) is 17.2. The lowest BCUT2D eigenvalue weighted by Crippen LogP contribution is -2.17. The number of fused-ring (bicyclic) bond motifs is 3. The van der Waals surface area contributed by atoms with Crippen molar-refractivity contribution < 1.29 is 4.18 Å². The van der Waals surface area contributed by atoms with E-state index in [1.54, 1.807) is 0 Å². The smallest absolute Gasteiger partial charge is 0.0650 e. The minimum absolute atomic E-state index is 0.606. The van der Waals surface area contributed by atoms with E-state index in [9.17, 15) is 0 Å². The first-order valence-corrected chi connectivity index (χ1v) is 9.39. The number of hydrogen-bond acceptors (Lipinski definition) is 2. The summed E-state index contributed by atoms with van der Waals surface area (Å²) < 4.78 is 5.93. The SMILES string of the molecule is Cc1ccc(SOCC2CCc3[nH]c4ccc(C)cc4c3C2)cc1. The van der Waals surface area contributed by atoms with Crippen molar-refractivity contribution in [2.75, 3.05) is 6.61 Å². The molecule has 124 valence electrons. The van der Waals surface area contributed by atoms with Gasteiger partial charge in [-0.25, -0.2) is 0 Å². The summed E-state index contributed by atoms with van der Waals surface area (Å²) in [7, 11) is 0. The largest absolute Gasteiger partial charge is 0.358 e. The molecule has 1 aliphatic rings. The van der Waals surface area contributed by atoms with Crippen LogP contribution < -0.4 is 0 Å². The van der Waals surface area contributed by atoms with E-state index < -0.39 is 0 Å². The van der Waals surface area contributed by atoms with Gasteiger partial charge >= 0.3 is 0 Å². The van der Waals surface area contributed by atoms with Gasteiger partial charge in [0.2, 0.25) is 0 Å². The summed E-state index contributed by atoms with van der Waals surface area (Å²) in [5, 5.41) is 1.40. The van der Waals surface area contributed by atoms with Gasteiger partial charge in [-0.1, -0.05) is 29.3 Å². The first kappa shape index (κ1) is 15.8. The average molecular weight is 337 g/mol. The van der Waals surface area contributed by atoms with Crippen molar-refractivity contribution in [2.45, 2.75) is 38.0 Å². The predicted molar refractivity (Wildman–Crippen MR) is 102 cm³/mol. The molecule has 1 N–H and O–H groups in total. The van der Waals surface area contributed by atoms with Crippen LogP contribution in [0.2, 0.25) is 0 Å². The Kier molecular flexibility index (Phi) is 4.38. The van der Waals surface area contributed by atoms with Crippen LogP contribution in [-0.4, -0.2) is 11.6 Å². The van der Waals surface area contributed by atoms with E-state index >= 15 is 0 Å². The molecule has 0 amide bonds. The molecule has 3 aromatic rings. The van der Waals surface area contributed by atoms with Crippen LogP contribution in [0.25, 0.3) is 10.9 Å². The minimum Gasteiger partial charge on any atom is -0.358 e. The summed E-state index contributed by atoms with van der Waals surface area (Å²) in [4.78, 5) is 4.79. The Morgan fingerprint density at radius 2 is 1.88 bits per heavy atom. The van der Waals surface area contributed by atoms with E-state index in [0.717, 1.165) is 19.4 Å². The zero-order valence-electron chi connectivity index (χ0n) is 14.3. The molecule has 24 heavy (non-hydrogen) atoms. The monoisotopic (exact) mass is 337 g/mol. The molecule has 1 unspecified atom stereocenters. The Morgan fingerprint density at radius 3 is 2.71 bits per heavy atom. The fourth-order valence-corrected chi connectivity index (χ4v) is 4.18. The lowest BCUT2D eigenvalue weighted by atomic mass is 9.87. The molecule has 0 fully saturated rings. The molecule has 2 aromatic carbocycles. The van der Waals surface area contributed by atoms with Gasteiger partial charge < -0.3 is 9.17 Å². The second kappa shape index (κ2) is 6.66. The van der Waals surface area contributed by atoms with E-state index in [4.69, 9.17) is 4.18 Å². The van der Waals surface area contributed by atoms with E-state index in [0.29, 0.717) is 5.92 Å². The van der Waals surface area contributed by atoms with Crippen molar-refractivity contribution in [2.24, 2.45) is 5.92 Å². The summed E-state index contributed by atoms with van der Waals surface area (Å²) >= 11 is 1.50. The summed E-state index contributed by atoms with van der Waals surface area (Å²) in [5.41, 5.74) is 6.83. The number of hydrogen-bond donors (Lipinski definition) is 1. The Bertz CT molecular complexity index is 850. The second-order valence-electron chi connectivity index (χ2n) is 6.92. The van der Waals surface area contributed by atoms with Crippen molar-refractivity contribution in [3.63, 3.8) is 0 Å². The summed E-state index contributed by atoms with van der Waals surface area (Å²) in [6, 6.07) is 15.2. The third kappa shape index (κ3) is 3.24. The van der Waals surface area contributed by atoms with Crippen LogP contribution in [0, 0.1) is 19.8 Å². The van der Waals surface area contributed by atoms with Gasteiger partial charge in [-0.15, -0.1) is 0 Å². The molecule has 2 nitrogen and oxygen atoms in total. The maximum Gasteiger partial charge on any atom is 0.0650 e. The van der Waals surface area contributed by atoms with Crippen LogP contribution in [0.5, 0.6) is 0 Å². The highest BCUT2D eigenvalue weighted by Crippen LogP contribution is 2.33. The van der Waals surface area contributed by atoms with E-state index in [2.05, 4.69) is 61.3 Å². The van der Waals surface area contributed by atoms with Gasteiger partial charge in [0.25, 0.3) is 0 Å². The third-order valence-corrected chi connectivity index (χ3v) is 5.64. The predicted octanol–water partition coefficient (Wildman–Crippen LogP) is 5.61. The van der Waals surface area contributed by atoms with Gasteiger partial charge in [0, 0.05) is 33.5 Å².